The Hall–Kier alpha value is -3.70. The molecule has 0 radical (unpaired) electrons. The van der Waals surface area contributed by atoms with Crippen LogP contribution in [0.15, 0.2) is 84.9 Å². The number of aryl methyl sites for hydroxylation is 3. The van der Waals surface area contributed by atoms with Crippen molar-refractivity contribution in [3.05, 3.63) is 107 Å². The van der Waals surface area contributed by atoms with Crippen molar-refractivity contribution >= 4 is 22.9 Å². The van der Waals surface area contributed by atoms with Crippen LogP contribution in [0, 0.1) is 6.92 Å². The van der Waals surface area contributed by atoms with Crippen molar-refractivity contribution in [3.63, 3.8) is 0 Å². The van der Waals surface area contributed by atoms with Crippen molar-refractivity contribution in [2.24, 2.45) is 0 Å². The Labute approximate surface area is 217 Å². The maximum Gasteiger partial charge on any atom is 0.162 e. The van der Waals surface area contributed by atoms with Crippen LogP contribution in [0.3, 0.4) is 0 Å². The minimum Gasteiger partial charge on any atom is -0.374 e. The monoisotopic (exact) mass is 490 g/mol. The van der Waals surface area contributed by atoms with E-state index in [1.165, 1.54) is 33.5 Å². The average Bonchev–Trinajstić information content (AvgIpc) is 3.33. The quantitative estimate of drug-likeness (QED) is 0.272. The van der Waals surface area contributed by atoms with E-state index in [-0.39, 0.29) is 0 Å². The molecular formula is C31H30N4S. The largest absolute Gasteiger partial charge is 0.374 e. The summed E-state index contributed by atoms with van der Waals surface area (Å²) in [6.45, 7) is 3.88. The number of hydrogen-bond acceptors (Lipinski definition) is 2. The molecule has 36 heavy (non-hydrogen) atoms. The van der Waals surface area contributed by atoms with Gasteiger partial charge in [-0.3, -0.25) is 0 Å². The molecule has 4 nitrogen and oxygen atoms in total. The molecule has 1 aliphatic heterocycles. The van der Waals surface area contributed by atoms with Crippen LogP contribution >= 0.6 is 12.2 Å². The number of nitrogens with zero attached hydrogens (tertiary/aromatic N) is 3. The van der Waals surface area contributed by atoms with Crippen LogP contribution in [0.25, 0.3) is 28.2 Å². The van der Waals surface area contributed by atoms with Crippen molar-refractivity contribution in [2.75, 3.05) is 6.54 Å². The van der Waals surface area contributed by atoms with Gasteiger partial charge in [0.15, 0.2) is 5.82 Å². The molecule has 6 rings (SSSR count). The van der Waals surface area contributed by atoms with Gasteiger partial charge in [0.05, 0.1) is 0 Å². The summed E-state index contributed by atoms with van der Waals surface area (Å²) in [5, 5.41) is 8.76. The third kappa shape index (κ3) is 4.14. The summed E-state index contributed by atoms with van der Waals surface area (Å²) in [6, 6.07) is 29.9. The van der Waals surface area contributed by atoms with E-state index in [0.29, 0.717) is 0 Å². The predicted molar refractivity (Wildman–Crippen MR) is 152 cm³/mol. The minimum absolute atomic E-state index is 0.757. The highest BCUT2D eigenvalue weighted by Crippen LogP contribution is 2.38. The Morgan fingerprint density at radius 2 is 1.61 bits per heavy atom. The molecular weight excluding hydrogens is 460 g/mol. The molecule has 3 heterocycles. The molecule has 0 saturated heterocycles. The molecule has 0 atom stereocenters. The molecule has 0 spiro atoms. The van der Waals surface area contributed by atoms with Gasteiger partial charge in [-0.25, -0.2) is 4.52 Å². The van der Waals surface area contributed by atoms with Gasteiger partial charge in [-0.15, -0.1) is 5.10 Å². The molecule has 1 N–H and O–H groups in total. The summed E-state index contributed by atoms with van der Waals surface area (Å²) in [7, 11) is 0. The molecule has 1 aliphatic rings. The highest BCUT2D eigenvalue weighted by atomic mass is 32.1. The van der Waals surface area contributed by atoms with Crippen LogP contribution in [0.1, 0.15) is 35.2 Å². The lowest BCUT2D eigenvalue weighted by atomic mass is 9.97. The molecule has 0 fully saturated rings. The van der Waals surface area contributed by atoms with Crippen LogP contribution in [0.2, 0.25) is 0 Å². The van der Waals surface area contributed by atoms with Gasteiger partial charge >= 0.3 is 0 Å². The smallest absolute Gasteiger partial charge is 0.162 e. The highest BCUT2D eigenvalue weighted by molar-refractivity contribution is 7.80. The number of hydrogen-bond donors (Lipinski definition) is 1. The van der Waals surface area contributed by atoms with Gasteiger partial charge in [0, 0.05) is 29.8 Å². The van der Waals surface area contributed by atoms with Crippen LogP contribution < -0.4 is 5.32 Å². The van der Waals surface area contributed by atoms with Gasteiger partial charge in [0.25, 0.3) is 0 Å². The van der Waals surface area contributed by atoms with E-state index in [0.717, 1.165) is 60.8 Å². The first kappa shape index (κ1) is 22.7. The lowest BCUT2D eigenvalue weighted by molar-refractivity contribution is 0.645. The van der Waals surface area contributed by atoms with Gasteiger partial charge in [-0.2, -0.15) is 0 Å². The van der Waals surface area contributed by atoms with Crippen LogP contribution in [0.5, 0.6) is 0 Å². The second kappa shape index (κ2) is 9.75. The van der Waals surface area contributed by atoms with Gasteiger partial charge in [0.1, 0.15) is 16.3 Å². The Morgan fingerprint density at radius 1 is 0.889 bits per heavy atom. The van der Waals surface area contributed by atoms with Crippen molar-refractivity contribution in [2.45, 2.75) is 39.2 Å². The summed E-state index contributed by atoms with van der Waals surface area (Å²) in [6.07, 6.45) is 4.25. The molecule has 5 aromatic rings. The minimum atomic E-state index is 0.757. The predicted octanol–water partition coefficient (Wildman–Crippen LogP) is 6.62. The van der Waals surface area contributed by atoms with Gasteiger partial charge in [-0.1, -0.05) is 103 Å². The fourth-order valence-electron chi connectivity index (χ4n) is 5.33. The normalized spacial score (nSPS) is 13.0. The Morgan fingerprint density at radius 3 is 2.36 bits per heavy atom. The first-order chi connectivity index (χ1) is 17.7. The number of rotatable bonds is 6. The molecule has 0 aliphatic carbocycles. The third-order valence-electron chi connectivity index (χ3n) is 7.11. The van der Waals surface area contributed by atoms with E-state index in [4.69, 9.17) is 17.3 Å². The molecule has 3 aromatic carbocycles. The Bertz CT molecular complexity index is 1510. The summed E-state index contributed by atoms with van der Waals surface area (Å²) in [5.41, 5.74) is 9.68. The fraction of sp³-hybridized carbons (Fsp3) is 0.226. The molecule has 5 heteroatoms. The highest BCUT2D eigenvalue weighted by Gasteiger charge is 2.29. The summed E-state index contributed by atoms with van der Waals surface area (Å²) in [4.78, 5) is 0.757. The van der Waals surface area contributed by atoms with Crippen molar-refractivity contribution in [1.29, 1.82) is 0 Å². The Balaban J connectivity index is 1.49. The molecule has 2 aromatic heterocycles. The van der Waals surface area contributed by atoms with Crippen molar-refractivity contribution in [1.82, 2.24) is 19.5 Å². The zero-order chi connectivity index (χ0) is 24.5. The van der Waals surface area contributed by atoms with E-state index in [2.05, 4.69) is 106 Å². The van der Waals surface area contributed by atoms with Gasteiger partial charge < -0.3 is 9.88 Å². The molecule has 0 saturated carbocycles. The van der Waals surface area contributed by atoms with Crippen LogP contribution in [-0.2, 0) is 19.4 Å². The average molecular weight is 491 g/mol. The maximum absolute atomic E-state index is 6.08. The van der Waals surface area contributed by atoms with E-state index >= 15 is 0 Å². The number of thiocarbonyl (C=S) groups is 1. The van der Waals surface area contributed by atoms with Crippen molar-refractivity contribution < 1.29 is 0 Å². The molecule has 0 amide bonds. The topological polar surface area (TPSA) is 34.3 Å². The van der Waals surface area contributed by atoms with Crippen LogP contribution in [-0.4, -0.2) is 25.7 Å². The lowest BCUT2D eigenvalue weighted by Gasteiger charge is -2.12. The third-order valence-corrected chi connectivity index (χ3v) is 7.45. The lowest BCUT2D eigenvalue weighted by Crippen LogP contribution is -2.26. The standard InChI is InChI=1S/C31H30N4S/c1-22-15-17-24(18-16-22)27-26-14-8-9-21-34-29(25-12-6-3-7-13-25)33-35(31(26)34)28(27)30(36)32-20-19-23-10-4-2-5-11-23/h2-7,10-13,15-18H,8-9,14,19-21H2,1H3,(H,32,36). The van der Waals surface area contributed by atoms with E-state index in [9.17, 15) is 0 Å². The Kier molecular flexibility index (Phi) is 6.16. The molecule has 0 bridgehead atoms. The first-order valence-electron chi connectivity index (χ1n) is 12.8. The molecule has 180 valence electrons. The summed E-state index contributed by atoms with van der Waals surface area (Å²) >= 11 is 6.08. The number of aromatic nitrogens is 3. The zero-order valence-electron chi connectivity index (χ0n) is 20.6. The van der Waals surface area contributed by atoms with Crippen LogP contribution in [0.4, 0.5) is 0 Å². The maximum atomic E-state index is 6.08. The van der Waals surface area contributed by atoms with Gasteiger partial charge in [0.2, 0.25) is 0 Å². The zero-order valence-corrected chi connectivity index (χ0v) is 21.4. The summed E-state index contributed by atoms with van der Waals surface area (Å²) in [5.74, 6) is 1.01. The van der Waals surface area contributed by atoms with Gasteiger partial charge in [-0.05, 0) is 43.7 Å². The second-order valence-corrected chi connectivity index (χ2v) is 10.0. The van der Waals surface area contributed by atoms with E-state index in [1.54, 1.807) is 0 Å². The summed E-state index contributed by atoms with van der Waals surface area (Å²) < 4.78 is 4.53. The first-order valence-corrected chi connectivity index (χ1v) is 13.2. The molecule has 0 unspecified atom stereocenters. The SMILES string of the molecule is Cc1ccc(-c2c3c4n(c(-c5ccccc5)nn4c2C(=S)NCCc2ccccc2)CCCC3)cc1. The second-order valence-electron chi connectivity index (χ2n) is 9.59. The van der Waals surface area contributed by atoms with E-state index in [1.807, 2.05) is 0 Å². The number of nitrogens with one attached hydrogen (secondary N) is 1. The fourth-order valence-corrected chi connectivity index (χ4v) is 5.62. The van der Waals surface area contributed by atoms with E-state index < -0.39 is 0 Å². The van der Waals surface area contributed by atoms with Crippen molar-refractivity contribution in [3.8, 4) is 22.5 Å². The number of benzene rings is 3.